The molecular formula is C13H8Cl2O3. The van der Waals surface area contributed by atoms with Crippen LogP contribution in [0.5, 0.6) is 11.5 Å². The third kappa shape index (κ3) is 2.28. The fourth-order valence-corrected chi connectivity index (χ4v) is 1.90. The zero-order valence-corrected chi connectivity index (χ0v) is 10.5. The number of hydrogen-bond acceptors (Lipinski definition) is 3. The number of hydrogen-bond donors (Lipinski definition) is 2. The van der Waals surface area contributed by atoms with E-state index >= 15 is 0 Å². The molecule has 5 heteroatoms. The van der Waals surface area contributed by atoms with E-state index in [1.807, 2.05) is 0 Å². The number of ketones is 1. The van der Waals surface area contributed by atoms with Gasteiger partial charge in [0.25, 0.3) is 0 Å². The van der Waals surface area contributed by atoms with Crippen molar-refractivity contribution in [3.8, 4) is 11.5 Å². The lowest BCUT2D eigenvalue weighted by Gasteiger charge is -2.07. The Labute approximate surface area is 113 Å². The molecule has 2 rings (SSSR count). The van der Waals surface area contributed by atoms with Crippen LogP contribution in [-0.4, -0.2) is 16.0 Å². The van der Waals surface area contributed by atoms with Crippen molar-refractivity contribution in [2.45, 2.75) is 0 Å². The number of phenolic OH excluding ortho intramolecular Hbond substituents is 2. The lowest BCUT2D eigenvalue weighted by atomic mass is 10.0. The van der Waals surface area contributed by atoms with Gasteiger partial charge in [0.05, 0.1) is 15.6 Å². The third-order valence-corrected chi connectivity index (χ3v) is 3.06. The maximum atomic E-state index is 12.2. The highest BCUT2D eigenvalue weighted by Gasteiger charge is 2.18. The molecule has 0 spiro atoms. The van der Waals surface area contributed by atoms with E-state index in [9.17, 15) is 15.0 Å². The van der Waals surface area contributed by atoms with Gasteiger partial charge in [0.15, 0.2) is 5.78 Å². The summed E-state index contributed by atoms with van der Waals surface area (Å²) in [4.78, 5) is 12.2. The third-order valence-electron chi connectivity index (χ3n) is 2.43. The monoisotopic (exact) mass is 282 g/mol. The molecule has 2 aromatic carbocycles. The molecule has 2 aromatic rings. The molecule has 0 unspecified atom stereocenters. The first kappa shape index (κ1) is 12.7. The Hall–Kier alpha value is -1.71. The van der Waals surface area contributed by atoms with Crippen LogP contribution >= 0.6 is 23.2 Å². The van der Waals surface area contributed by atoms with Crippen LogP contribution in [0.1, 0.15) is 15.9 Å². The van der Waals surface area contributed by atoms with Crippen LogP contribution in [0.25, 0.3) is 0 Å². The number of rotatable bonds is 2. The van der Waals surface area contributed by atoms with Crippen LogP contribution in [0.4, 0.5) is 0 Å². The molecule has 0 aromatic heterocycles. The Morgan fingerprint density at radius 1 is 0.889 bits per heavy atom. The molecule has 0 saturated carbocycles. The minimum Gasteiger partial charge on any atom is -0.507 e. The van der Waals surface area contributed by atoms with E-state index in [0.29, 0.717) is 0 Å². The fourth-order valence-electron chi connectivity index (χ4n) is 1.52. The second kappa shape index (κ2) is 4.88. The molecule has 18 heavy (non-hydrogen) atoms. The van der Waals surface area contributed by atoms with E-state index in [4.69, 9.17) is 23.2 Å². The smallest absolute Gasteiger partial charge is 0.198 e. The molecule has 0 bridgehead atoms. The number of halogens is 2. The molecule has 0 aliphatic rings. The van der Waals surface area contributed by atoms with Crippen molar-refractivity contribution in [1.82, 2.24) is 0 Å². The van der Waals surface area contributed by atoms with E-state index in [1.54, 1.807) is 18.2 Å². The van der Waals surface area contributed by atoms with E-state index in [-0.39, 0.29) is 32.7 Å². The van der Waals surface area contributed by atoms with Gasteiger partial charge in [0.1, 0.15) is 11.5 Å². The van der Waals surface area contributed by atoms with Crippen molar-refractivity contribution in [3.63, 3.8) is 0 Å². The molecule has 2 N–H and O–H groups in total. The standard InChI is InChI=1S/C13H8Cl2O3/c14-9-4-2-1-3-7(9)13(18)8-5-12(17)10(15)6-11(8)16/h1-6,16-17H. The SMILES string of the molecule is O=C(c1cc(O)c(Cl)cc1O)c1ccccc1Cl. The minimum atomic E-state index is -0.481. The lowest BCUT2D eigenvalue weighted by molar-refractivity contribution is 0.103. The Bertz CT molecular complexity index is 624. The second-order valence-electron chi connectivity index (χ2n) is 3.63. The Morgan fingerprint density at radius 3 is 2.22 bits per heavy atom. The molecule has 0 radical (unpaired) electrons. The minimum absolute atomic E-state index is 0.0248. The number of carbonyl (C=O) groups is 1. The van der Waals surface area contributed by atoms with Crippen LogP contribution in [0.15, 0.2) is 36.4 Å². The normalized spacial score (nSPS) is 10.3. The molecule has 0 aliphatic heterocycles. The van der Waals surface area contributed by atoms with Gasteiger partial charge in [-0.25, -0.2) is 0 Å². The Kier molecular flexibility index (Phi) is 3.45. The van der Waals surface area contributed by atoms with E-state index in [0.717, 1.165) is 12.1 Å². The van der Waals surface area contributed by atoms with Crippen LogP contribution in [-0.2, 0) is 0 Å². The predicted octanol–water partition coefficient (Wildman–Crippen LogP) is 3.64. The lowest BCUT2D eigenvalue weighted by Crippen LogP contribution is -2.02. The van der Waals surface area contributed by atoms with Gasteiger partial charge in [-0.1, -0.05) is 35.3 Å². The van der Waals surface area contributed by atoms with Gasteiger partial charge in [0, 0.05) is 11.6 Å². The van der Waals surface area contributed by atoms with Gasteiger partial charge in [0.2, 0.25) is 0 Å². The summed E-state index contributed by atoms with van der Waals surface area (Å²) in [6, 6.07) is 8.69. The summed E-state index contributed by atoms with van der Waals surface area (Å²) in [5, 5.41) is 19.4. The van der Waals surface area contributed by atoms with Crippen molar-refractivity contribution in [3.05, 3.63) is 57.6 Å². The van der Waals surface area contributed by atoms with Crippen molar-refractivity contribution in [1.29, 1.82) is 0 Å². The number of phenols is 2. The predicted molar refractivity (Wildman–Crippen MR) is 69.7 cm³/mol. The van der Waals surface area contributed by atoms with Crippen molar-refractivity contribution < 1.29 is 15.0 Å². The maximum absolute atomic E-state index is 12.2. The summed E-state index contributed by atoms with van der Waals surface area (Å²) in [5.74, 6) is -1.06. The van der Waals surface area contributed by atoms with Gasteiger partial charge in [-0.3, -0.25) is 4.79 Å². The molecule has 0 saturated heterocycles. The first-order valence-electron chi connectivity index (χ1n) is 5.01. The maximum Gasteiger partial charge on any atom is 0.198 e. The molecule has 0 atom stereocenters. The Morgan fingerprint density at radius 2 is 1.56 bits per heavy atom. The molecule has 92 valence electrons. The van der Waals surface area contributed by atoms with Crippen LogP contribution in [0, 0.1) is 0 Å². The second-order valence-corrected chi connectivity index (χ2v) is 4.44. The van der Waals surface area contributed by atoms with Crippen molar-refractivity contribution in [2.75, 3.05) is 0 Å². The molecule has 0 fully saturated rings. The van der Waals surface area contributed by atoms with Gasteiger partial charge in [-0.15, -0.1) is 0 Å². The summed E-state index contributed by atoms with van der Waals surface area (Å²) in [7, 11) is 0. The van der Waals surface area contributed by atoms with Gasteiger partial charge < -0.3 is 10.2 Å². The molecule has 0 heterocycles. The van der Waals surface area contributed by atoms with Crippen molar-refractivity contribution >= 4 is 29.0 Å². The van der Waals surface area contributed by atoms with Crippen LogP contribution in [0.3, 0.4) is 0 Å². The summed E-state index contributed by atoms with van der Waals surface area (Å²) in [5.41, 5.74) is 0.196. The van der Waals surface area contributed by atoms with E-state index in [2.05, 4.69) is 0 Å². The zero-order chi connectivity index (χ0) is 13.3. The van der Waals surface area contributed by atoms with E-state index in [1.165, 1.54) is 6.07 Å². The van der Waals surface area contributed by atoms with Gasteiger partial charge in [-0.2, -0.15) is 0 Å². The molecule has 0 amide bonds. The van der Waals surface area contributed by atoms with Crippen molar-refractivity contribution in [2.24, 2.45) is 0 Å². The molecular weight excluding hydrogens is 275 g/mol. The number of benzene rings is 2. The molecule has 0 aliphatic carbocycles. The first-order valence-corrected chi connectivity index (χ1v) is 5.77. The number of carbonyl (C=O) groups excluding carboxylic acids is 1. The quantitative estimate of drug-likeness (QED) is 0.653. The highest BCUT2D eigenvalue weighted by atomic mass is 35.5. The van der Waals surface area contributed by atoms with Gasteiger partial charge in [-0.05, 0) is 18.2 Å². The van der Waals surface area contributed by atoms with Gasteiger partial charge >= 0.3 is 0 Å². The topological polar surface area (TPSA) is 57.5 Å². The largest absolute Gasteiger partial charge is 0.507 e. The first-order chi connectivity index (χ1) is 8.50. The van der Waals surface area contributed by atoms with Crippen LogP contribution < -0.4 is 0 Å². The summed E-state index contributed by atoms with van der Waals surface area (Å²) < 4.78 is 0. The average molecular weight is 283 g/mol. The van der Waals surface area contributed by atoms with E-state index < -0.39 is 5.78 Å². The number of aromatic hydroxyl groups is 2. The zero-order valence-electron chi connectivity index (χ0n) is 9.02. The Balaban J connectivity index is 2.53. The summed E-state index contributed by atoms with van der Waals surface area (Å²) in [6.45, 7) is 0. The van der Waals surface area contributed by atoms with Crippen LogP contribution in [0.2, 0.25) is 10.0 Å². The fraction of sp³-hybridized carbons (Fsp3) is 0. The summed E-state index contributed by atoms with van der Waals surface area (Å²) in [6.07, 6.45) is 0. The highest BCUT2D eigenvalue weighted by Crippen LogP contribution is 2.33. The molecule has 3 nitrogen and oxygen atoms in total. The summed E-state index contributed by atoms with van der Waals surface area (Å²) >= 11 is 11.5. The average Bonchev–Trinajstić information content (AvgIpc) is 2.33. The highest BCUT2D eigenvalue weighted by molar-refractivity contribution is 6.35.